The maximum absolute atomic E-state index is 12.4. The van der Waals surface area contributed by atoms with Gasteiger partial charge in [0.1, 0.15) is 0 Å². The number of aromatic hydroxyl groups is 1. The van der Waals surface area contributed by atoms with Gasteiger partial charge in [-0.1, -0.05) is 12.1 Å². The Morgan fingerprint density at radius 2 is 2.07 bits per heavy atom. The number of pyridine rings is 1. The molecule has 3 heterocycles. The van der Waals surface area contributed by atoms with Crippen LogP contribution < -0.4 is 0 Å². The molecule has 1 saturated heterocycles. The maximum atomic E-state index is 12.4. The molecule has 1 fully saturated rings. The number of amides is 1. The van der Waals surface area contributed by atoms with Gasteiger partial charge in [0.05, 0.1) is 5.69 Å². The van der Waals surface area contributed by atoms with Gasteiger partial charge in [0.25, 0.3) is 0 Å². The standard InChI is InChI=1S/C22H30N6O2/c1-25(2)11-5-7-21(29)27-14-12-26(13-15-27)17-8-9-19-18(16-17)22(30)28(24-19)20-6-3-4-10-23-20/h3-7,10,17,30H,8-9,11-16H2,1-2H3. The van der Waals surface area contributed by atoms with Crippen molar-refractivity contribution in [3.8, 4) is 11.7 Å². The lowest BCUT2D eigenvalue weighted by atomic mass is 9.91. The minimum absolute atomic E-state index is 0.0942. The van der Waals surface area contributed by atoms with E-state index < -0.39 is 0 Å². The highest BCUT2D eigenvalue weighted by Crippen LogP contribution is 2.32. The van der Waals surface area contributed by atoms with Crippen LogP contribution in [0.3, 0.4) is 0 Å². The third-order valence-corrected chi connectivity index (χ3v) is 5.93. The molecule has 8 heteroatoms. The highest BCUT2D eigenvalue weighted by atomic mass is 16.3. The van der Waals surface area contributed by atoms with E-state index in [-0.39, 0.29) is 11.8 Å². The van der Waals surface area contributed by atoms with E-state index in [1.54, 1.807) is 17.0 Å². The zero-order valence-electron chi connectivity index (χ0n) is 17.7. The maximum Gasteiger partial charge on any atom is 0.246 e. The molecule has 0 aromatic carbocycles. The van der Waals surface area contributed by atoms with E-state index in [1.165, 1.54) is 0 Å². The number of carbonyl (C=O) groups excluding carboxylic acids is 1. The number of rotatable bonds is 5. The number of nitrogens with zero attached hydrogens (tertiary/aromatic N) is 6. The molecular weight excluding hydrogens is 380 g/mol. The molecule has 1 N–H and O–H groups in total. The van der Waals surface area contributed by atoms with E-state index in [0.717, 1.165) is 63.2 Å². The van der Waals surface area contributed by atoms with Crippen LogP contribution in [0.5, 0.6) is 5.88 Å². The lowest BCUT2D eigenvalue weighted by Gasteiger charge is -2.40. The first-order valence-electron chi connectivity index (χ1n) is 10.6. The van der Waals surface area contributed by atoms with Crippen LogP contribution in [0, 0.1) is 0 Å². The van der Waals surface area contributed by atoms with Crippen molar-refractivity contribution < 1.29 is 9.90 Å². The fraction of sp³-hybridized carbons (Fsp3) is 0.500. The predicted octanol–water partition coefficient (Wildman–Crippen LogP) is 1.09. The lowest BCUT2D eigenvalue weighted by Crippen LogP contribution is -2.52. The number of aromatic nitrogens is 3. The summed E-state index contributed by atoms with van der Waals surface area (Å²) in [4.78, 5) is 23.1. The summed E-state index contributed by atoms with van der Waals surface area (Å²) in [6, 6.07) is 5.95. The molecule has 0 radical (unpaired) electrons. The van der Waals surface area contributed by atoms with E-state index in [0.29, 0.717) is 11.9 Å². The van der Waals surface area contributed by atoms with Crippen molar-refractivity contribution in [2.24, 2.45) is 0 Å². The molecule has 4 rings (SSSR count). The molecule has 2 aromatic heterocycles. The molecule has 1 amide bonds. The zero-order chi connectivity index (χ0) is 21.1. The Hall–Kier alpha value is -2.71. The normalized spacial score (nSPS) is 20.1. The van der Waals surface area contributed by atoms with Gasteiger partial charge >= 0.3 is 0 Å². The summed E-state index contributed by atoms with van der Waals surface area (Å²) in [7, 11) is 3.97. The summed E-state index contributed by atoms with van der Waals surface area (Å²) in [5.41, 5.74) is 1.90. The van der Waals surface area contributed by atoms with E-state index in [9.17, 15) is 9.90 Å². The zero-order valence-corrected chi connectivity index (χ0v) is 17.7. The van der Waals surface area contributed by atoms with Gasteiger partial charge in [-0.3, -0.25) is 9.69 Å². The molecule has 1 aliphatic carbocycles. The van der Waals surface area contributed by atoms with E-state index in [2.05, 4.69) is 15.0 Å². The summed E-state index contributed by atoms with van der Waals surface area (Å²) in [5, 5.41) is 15.4. The summed E-state index contributed by atoms with van der Waals surface area (Å²) in [5.74, 6) is 0.931. The molecule has 8 nitrogen and oxygen atoms in total. The summed E-state index contributed by atoms with van der Waals surface area (Å²) in [6.45, 7) is 3.98. The van der Waals surface area contributed by atoms with Gasteiger partial charge in [-0.2, -0.15) is 9.78 Å². The molecule has 0 bridgehead atoms. The number of likely N-dealkylation sites (N-methyl/N-ethyl adjacent to an activating group) is 1. The van der Waals surface area contributed by atoms with Crippen molar-refractivity contribution in [1.82, 2.24) is 29.5 Å². The quantitative estimate of drug-likeness (QED) is 0.744. The van der Waals surface area contributed by atoms with Crippen molar-refractivity contribution in [2.75, 3.05) is 46.8 Å². The molecular formula is C22H30N6O2. The number of fused-ring (bicyclic) bond motifs is 1. The average molecular weight is 411 g/mol. The largest absolute Gasteiger partial charge is 0.493 e. The Bertz CT molecular complexity index is 900. The van der Waals surface area contributed by atoms with Gasteiger partial charge in [0.2, 0.25) is 11.8 Å². The molecule has 2 aromatic rings. The second-order valence-electron chi connectivity index (χ2n) is 8.27. The monoisotopic (exact) mass is 410 g/mol. The van der Waals surface area contributed by atoms with Crippen LogP contribution >= 0.6 is 0 Å². The Morgan fingerprint density at radius 3 is 2.77 bits per heavy atom. The number of carbonyl (C=O) groups is 1. The van der Waals surface area contributed by atoms with Crippen LogP contribution in [-0.4, -0.2) is 93.3 Å². The van der Waals surface area contributed by atoms with Crippen LogP contribution in [0.4, 0.5) is 0 Å². The molecule has 2 aliphatic rings. The van der Waals surface area contributed by atoms with Gasteiger partial charge < -0.3 is 14.9 Å². The van der Waals surface area contributed by atoms with Gasteiger partial charge in [0.15, 0.2) is 5.82 Å². The first-order valence-corrected chi connectivity index (χ1v) is 10.6. The SMILES string of the molecule is CN(C)CC=CC(=O)N1CCN(C2CCc3nn(-c4ccccn4)c(O)c3C2)CC1. The molecule has 1 aliphatic heterocycles. The minimum atomic E-state index is 0.0942. The van der Waals surface area contributed by atoms with Gasteiger partial charge in [0, 0.05) is 56.6 Å². The Balaban J connectivity index is 1.36. The molecule has 1 unspecified atom stereocenters. The van der Waals surface area contributed by atoms with E-state index in [1.807, 2.05) is 48.2 Å². The van der Waals surface area contributed by atoms with Crippen molar-refractivity contribution in [3.63, 3.8) is 0 Å². The highest BCUT2D eigenvalue weighted by molar-refractivity contribution is 5.87. The lowest BCUT2D eigenvalue weighted by molar-refractivity contribution is -0.128. The second kappa shape index (κ2) is 8.97. The van der Waals surface area contributed by atoms with E-state index >= 15 is 0 Å². The number of aryl methyl sites for hydroxylation is 1. The number of hydrogen-bond acceptors (Lipinski definition) is 6. The third-order valence-electron chi connectivity index (χ3n) is 5.93. The molecule has 1 atom stereocenters. The minimum Gasteiger partial charge on any atom is -0.493 e. The molecule has 30 heavy (non-hydrogen) atoms. The average Bonchev–Trinajstić information content (AvgIpc) is 3.10. The van der Waals surface area contributed by atoms with Crippen molar-refractivity contribution in [3.05, 3.63) is 47.8 Å². The Kier molecular flexibility index (Phi) is 6.15. The van der Waals surface area contributed by atoms with Gasteiger partial charge in [-0.05, 0) is 45.5 Å². The van der Waals surface area contributed by atoms with Crippen LogP contribution in [0.1, 0.15) is 17.7 Å². The third kappa shape index (κ3) is 4.39. The van der Waals surface area contributed by atoms with Gasteiger partial charge in [-0.15, -0.1) is 0 Å². The number of piperazine rings is 1. The topological polar surface area (TPSA) is 77.7 Å². The molecule has 0 spiro atoms. The van der Waals surface area contributed by atoms with Crippen LogP contribution in [0.2, 0.25) is 0 Å². The Morgan fingerprint density at radius 1 is 1.27 bits per heavy atom. The summed E-state index contributed by atoms with van der Waals surface area (Å²) in [6.07, 6.45) is 7.95. The molecule has 160 valence electrons. The fourth-order valence-corrected chi connectivity index (χ4v) is 4.26. The fourth-order valence-electron chi connectivity index (χ4n) is 4.26. The number of hydrogen-bond donors (Lipinski definition) is 1. The van der Waals surface area contributed by atoms with Gasteiger partial charge in [-0.25, -0.2) is 4.98 Å². The summed E-state index contributed by atoms with van der Waals surface area (Å²) >= 11 is 0. The first kappa shape index (κ1) is 20.6. The van der Waals surface area contributed by atoms with Crippen LogP contribution in [0.25, 0.3) is 5.82 Å². The smallest absolute Gasteiger partial charge is 0.246 e. The highest BCUT2D eigenvalue weighted by Gasteiger charge is 2.32. The molecule has 0 saturated carbocycles. The Labute approximate surface area is 177 Å². The summed E-state index contributed by atoms with van der Waals surface area (Å²) < 4.78 is 1.55. The predicted molar refractivity (Wildman–Crippen MR) is 115 cm³/mol. The van der Waals surface area contributed by atoms with Crippen LogP contribution in [0.15, 0.2) is 36.5 Å². The van der Waals surface area contributed by atoms with E-state index in [4.69, 9.17) is 0 Å². The van der Waals surface area contributed by atoms with Crippen molar-refractivity contribution in [1.29, 1.82) is 0 Å². The van der Waals surface area contributed by atoms with Crippen LogP contribution in [-0.2, 0) is 17.6 Å². The first-order chi connectivity index (χ1) is 14.5. The van der Waals surface area contributed by atoms with Crippen molar-refractivity contribution >= 4 is 5.91 Å². The second-order valence-corrected chi connectivity index (χ2v) is 8.27. The van der Waals surface area contributed by atoms with Crippen molar-refractivity contribution in [2.45, 2.75) is 25.3 Å².